The van der Waals surface area contributed by atoms with Crippen LogP contribution in [0.3, 0.4) is 0 Å². The molecule has 0 spiro atoms. The number of anilines is 1. The third-order valence-electron chi connectivity index (χ3n) is 3.13. The van der Waals surface area contributed by atoms with Crippen molar-refractivity contribution in [3.63, 3.8) is 0 Å². The van der Waals surface area contributed by atoms with E-state index < -0.39 is 28.8 Å². The lowest BCUT2D eigenvalue weighted by atomic mass is 9.94. The molecule has 148 valence electrons. The topological polar surface area (TPSA) is 107 Å². The highest BCUT2D eigenvalue weighted by Gasteiger charge is 2.37. The number of carbonyl (C=O) groups excluding carboxylic acids is 3. The summed E-state index contributed by atoms with van der Waals surface area (Å²) < 4.78 is 10.5. The highest BCUT2D eigenvalue weighted by Crippen LogP contribution is 2.23. The molecule has 0 radical (unpaired) electrons. The predicted molar refractivity (Wildman–Crippen MR) is 100 cm³/mol. The smallest absolute Gasteiger partial charge is 0.413 e. The van der Waals surface area contributed by atoms with E-state index >= 15 is 0 Å². The van der Waals surface area contributed by atoms with Crippen molar-refractivity contribution in [1.29, 1.82) is 0 Å². The highest BCUT2D eigenvalue weighted by atomic mass is 16.6. The number of nitrogens with one attached hydrogen (secondary N) is 1. The van der Waals surface area contributed by atoms with E-state index in [1.165, 1.54) is 19.2 Å². The minimum absolute atomic E-state index is 0.0941. The van der Waals surface area contributed by atoms with Crippen LogP contribution in [-0.2, 0) is 25.5 Å². The lowest BCUT2D eigenvalue weighted by molar-refractivity contribution is -0.160. The van der Waals surface area contributed by atoms with Gasteiger partial charge in [0.2, 0.25) is 6.08 Å². The second-order valence-corrected chi connectivity index (χ2v) is 8.33. The first-order valence-corrected chi connectivity index (χ1v) is 8.51. The molecule has 1 atom stereocenters. The Bertz CT molecular complexity index is 725. The van der Waals surface area contributed by atoms with E-state index in [1.54, 1.807) is 53.7 Å². The second kappa shape index (κ2) is 8.31. The first-order valence-electron chi connectivity index (χ1n) is 8.51. The van der Waals surface area contributed by atoms with Gasteiger partial charge in [0.05, 0.1) is 0 Å². The number of esters is 1. The maximum atomic E-state index is 12.4. The molecule has 1 heterocycles. The average Bonchev–Trinajstić information content (AvgIpc) is 2.45. The largest absolute Gasteiger partial charge is 0.458 e. The summed E-state index contributed by atoms with van der Waals surface area (Å²) in [6.07, 6.45) is 2.39. The second-order valence-electron chi connectivity index (χ2n) is 8.33. The highest BCUT2D eigenvalue weighted by molar-refractivity contribution is 5.84. The van der Waals surface area contributed by atoms with Crippen molar-refractivity contribution in [2.45, 2.75) is 71.6 Å². The van der Waals surface area contributed by atoms with Gasteiger partial charge in [0.15, 0.2) is 5.54 Å². The number of hydrogen-bond acceptors (Lipinski definition) is 7. The standard InChI is InChI=1S/C19H27N3O5/c1-17(2,3)26-15(24)19(7,21-12-23)10-13-8-9-14(20-11-13)22-16(25)27-18(4,5)6/h8-9,11H,10H2,1-7H3,(H,20,22,25)/t19-/m1/s1. The Kier molecular flexibility index (Phi) is 6.87. The Balaban J connectivity index is 2.88. The van der Waals surface area contributed by atoms with E-state index in [-0.39, 0.29) is 6.42 Å². The summed E-state index contributed by atoms with van der Waals surface area (Å²) in [6.45, 7) is 12.0. The van der Waals surface area contributed by atoms with Crippen LogP contribution in [0.4, 0.5) is 10.6 Å². The predicted octanol–water partition coefficient (Wildman–Crippen LogP) is 3.41. The molecule has 0 aliphatic carbocycles. The number of rotatable bonds is 5. The SMILES string of the molecule is CC(C)(C)OC(=O)Nc1ccc(C[C@@](C)(N=C=O)C(=O)OC(C)(C)C)cn1. The molecule has 0 aliphatic rings. The molecule has 1 rings (SSSR count). The molecular formula is C19H27N3O5. The van der Waals surface area contributed by atoms with Gasteiger partial charge in [0.1, 0.15) is 17.0 Å². The van der Waals surface area contributed by atoms with Crippen LogP contribution < -0.4 is 5.32 Å². The fourth-order valence-corrected chi connectivity index (χ4v) is 2.05. The van der Waals surface area contributed by atoms with Crippen molar-refractivity contribution in [3.8, 4) is 0 Å². The van der Waals surface area contributed by atoms with Crippen LogP contribution in [-0.4, -0.2) is 39.9 Å². The summed E-state index contributed by atoms with van der Waals surface area (Å²) in [5.41, 5.74) is -2.11. The molecule has 1 N–H and O–H groups in total. The first kappa shape index (κ1) is 22.3. The zero-order valence-corrected chi connectivity index (χ0v) is 16.9. The molecule has 0 aromatic carbocycles. The first-order chi connectivity index (χ1) is 12.2. The fraction of sp³-hybridized carbons (Fsp3) is 0.579. The van der Waals surface area contributed by atoms with Crippen molar-refractivity contribution < 1.29 is 23.9 Å². The van der Waals surface area contributed by atoms with Crippen LogP contribution in [0.15, 0.2) is 23.3 Å². The number of ether oxygens (including phenoxy) is 2. The van der Waals surface area contributed by atoms with Crippen molar-refractivity contribution in [2.24, 2.45) is 4.99 Å². The van der Waals surface area contributed by atoms with Crippen LogP contribution in [0.5, 0.6) is 0 Å². The van der Waals surface area contributed by atoms with Crippen molar-refractivity contribution in [1.82, 2.24) is 4.98 Å². The third-order valence-corrected chi connectivity index (χ3v) is 3.13. The van der Waals surface area contributed by atoms with Gasteiger partial charge >= 0.3 is 12.1 Å². The zero-order chi connectivity index (χ0) is 20.9. The third kappa shape index (κ3) is 8.00. The molecule has 0 saturated carbocycles. The van der Waals surface area contributed by atoms with Gasteiger partial charge in [-0.15, -0.1) is 0 Å². The minimum Gasteiger partial charge on any atom is -0.458 e. The molecule has 1 aromatic heterocycles. The van der Waals surface area contributed by atoms with E-state index in [0.717, 1.165) is 0 Å². The van der Waals surface area contributed by atoms with Crippen LogP contribution in [0.25, 0.3) is 0 Å². The van der Waals surface area contributed by atoms with Crippen molar-refractivity contribution in [2.75, 3.05) is 5.32 Å². The molecule has 0 bridgehead atoms. The molecule has 0 saturated heterocycles. The zero-order valence-electron chi connectivity index (χ0n) is 16.9. The van der Waals surface area contributed by atoms with E-state index in [9.17, 15) is 14.4 Å². The Hall–Kier alpha value is -2.73. The molecule has 8 heteroatoms. The van der Waals surface area contributed by atoms with E-state index in [4.69, 9.17) is 9.47 Å². The van der Waals surface area contributed by atoms with Crippen molar-refractivity contribution in [3.05, 3.63) is 23.9 Å². The van der Waals surface area contributed by atoms with Crippen LogP contribution in [0, 0.1) is 0 Å². The lowest BCUT2D eigenvalue weighted by Gasteiger charge is -2.27. The number of amides is 1. The summed E-state index contributed by atoms with van der Waals surface area (Å²) in [6, 6.07) is 3.24. The Morgan fingerprint density at radius 2 is 1.67 bits per heavy atom. The summed E-state index contributed by atoms with van der Waals surface area (Å²) >= 11 is 0. The van der Waals surface area contributed by atoms with E-state index in [1.807, 2.05) is 0 Å². The van der Waals surface area contributed by atoms with Crippen LogP contribution in [0.1, 0.15) is 54.0 Å². The summed E-state index contributed by atoms with van der Waals surface area (Å²) in [5.74, 6) is -0.333. The Morgan fingerprint density at radius 3 is 2.11 bits per heavy atom. The molecule has 1 aromatic rings. The summed E-state index contributed by atoms with van der Waals surface area (Å²) in [7, 11) is 0. The quantitative estimate of drug-likeness (QED) is 0.479. The number of aliphatic imine (C=N–C) groups is 1. The van der Waals surface area contributed by atoms with E-state index in [0.29, 0.717) is 11.4 Å². The molecule has 27 heavy (non-hydrogen) atoms. The van der Waals surface area contributed by atoms with Gasteiger partial charge in [0.25, 0.3) is 0 Å². The molecule has 1 amide bonds. The van der Waals surface area contributed by atoms with Gasteiger partial charge in [0, 0.05) is 12.6 Å². The molecular weight excluding hydrogens is 350 g/mol. The van der Waals surface area contributed by atoms with Crippen molar-refractivity contribution >= 4 is 24.0 Å². The molecule has 8 nitrogen and oxygen atoms in total. The summed E-state index contributed by atoms with van der Waals surface area (Å²) in [4.78, 5) is 42.8. The van der Waals surface area contributed by atoms with Gasteiger partial charge in [-0.1, -0.05) is 6.07 Å². The number of nitrogens with zero attached hydrogens (tertiary/aromatic N) is 2. The van der Waals surface area contributed by atoms with Gasteiger partial charge in [-0.05, 0) is 60.1 Å². The average molecular weight is 377 g/mol. The maximum Gasteiger partial charge on any atom is 0.413 e. The lowest BCUT2D eigenvalue weighted by Crippen LogP contribution is -2.41. The van der Waals surface area contributed by atoms with Crippen LogP contribution in [0.2, 0.25) is 0 Å². The Morgan fingerprint density at radius 1 is 1.07 bits per heavy atom. The van der Waals surface area contributed by atoms with E-state index in [2.05, 4.69) is 15.3 Å². The molecule has 0 fully saturated rings. The number of pyridine rings is 1. The van der Waals surface area contributed by atoms with Gasteiger partial charge in [-0.2, -0.15) is 4.99 Å². The Labute approximate surface area is 159 Å². The van der Waals surface area contributed by atoms with Gasteiger partial charge in [-0.25, -0.2) is 19.4 Å². The summed E-state index contributed by atoms with van der Waals surface area (Å²) in [5, 5.41) is 2.52. The number of aromatic nitrogens is 1. The minimum atomic E-state index is -1.42. The number of isocyanates is 1. The maximum absolute atomic E-state index is 12.4. The van der Waals surface area contributed by atoms with Gasteiger partial charge < -0.3 is 9.47 Å². The number of hydrogen-bond donors (Lipinski definition) is 1. The molecule has 0 aliphatic heterocycles. The number of carbonyl (C=O) groups is 2. The van der Waals surface area contributed by atoms with Crippen LogP contribution >= 0.6 is 0 Å². The molecule has 0 unspecified atom stereocenters. The van der Waals surface area contributed by atoms with Gasteiger partial charge in [-0.3, -0.25) is 5.32 Å². The normalized spacial score (nSPS) is 13.7. The monoisotopic (exact) mass is 377 g/mol. The fourth-order valence-electron chi connectivity index (χ4n) is 2.05.